The molecule has 27 heavy (non-hydrogen) atoms. The highest BCUT2D eigenvalue weighted by molar-refractivity contribution is 5.94. The lowest BCUT2D eigenvalue weighted by atomic mass is 9.76. The van der Waals surface area contributed by atoms with Crippen LogP contribution in [0.5, 0.6) is 0 Å². The number of carbonyl (C=O) groups excluding carboxylic acids is 1. The van der Waals surface area contributed by atoms with E-state index in [0.717, 1.165) is 38.2 Å². The zero-order valence-corrected chi connectivity index (χ0v) is 16.5. The monoisotopic (exact) mass is 371 g/mol. The van der Waals surface area contributed by atoms with Crippen LogP contribution in [0.15, 0.2) is 16.9 Å². The average molecular weight is 371 g/mol. The van der Waals surface area contributed by atoms with Gasteiger partial charge < -0.3 is 9.42 Å². The summed E-state index contributed by atoms with van der Waals surface area (Å²) in [7, 11) is 0. The van der Waals surface area contributed by atoms with Gasteiger partial charge >= 0.3 is 0 Å². The minimum atomic E-state index is 0.0642. The van der Waals surface area contributed by atoms with E-state index in [9.17, 15) is 4.79 Å². The van der Waals surface area contributed by atoms with E-state index in [1.165, 1.54) is 12.8 Å². The molecule has 1 aliphatic carbocycles. The van der Waals surface area contributed by atoms with Crippen molar-refractivity contribution in [3.63, 3.8) is 0 Å². The van der Waals surface area contributed by atoms with E-state index >= 15 is 0 Å². The molecule has 146 valence electrons. The molecule has 7 heteroatoms. The van der Waals surface area contributed by atoms with Crippen molar-refractivity contribution < 1.29 is 9.32 Å². The fourth-order valence-electron chi connectivity index (χ4n) is 4.74. The predicted octanol–water partition coefficient (Wildman–Crippen LogP) is 3.28. The van der Waals surface area contributed by atoms with Gasteiger partial charge in [-0.1, -0.05) is 31.8 Å². The van der Waals surface area contributed by atoms with Crippen molar-refractivity contribution in [2.45, 2.75) is 65.3 Å². The Bertz CT molecular complexity index is 803. The van der Waals surface area contributed by atoms with Crippen molar-refractivity contribution >= 4 is 5.91 Å². The molecule has 0 N–H and O–H groups in total. The first-order valence-corrected chi connectivity index (χ1v) is 10.1. The Labute approximate surface area is 160 Å². The zero-order chi connectivity index (χ0) is 19.0. The quantitative estimate of drug-likeness (QED) is 0.806. The molecule has 1 aliphatic heterocycles. The van der Waals surface area contributed by atoms with E-state index in [4.69, 9.17) is 9.51 Å². The topological polar surface area (TPSA) is 77.0 Å². The molecule has 7 nitrogen and oxygen atoms in total. The smallest absolute Gasteiger partial charge is 0.257 e. The Balaban J connectivity index is 1.57. The summed E-state index contributed by atoms with van der Waals surface area (Å²) in [5, 5.41) is 8.57. The molecule has 1 amide bonds. The lowest BCUT2D eigenvalue weighted by Crippen LogP contribution is -2.31. The highest BCUT2D eigenvalue weighted by Crippen LogP contribution is 2.53. The summed E-state index contributed by atoms with van der Waals surface area (Å²) < 4.78 is 7.31. The van der Waals surface area contributed by atoms with Gasteiger partial charge in [0.15, 0.2) is 5.82 Å². The number of nitrogens with zero attached hydrogens (tertiary/aromatic N) is 5. The van der Waals surface area contributed by atoms with E-state index in [0.29, 0.717) is 23.9 Å². The van der Waals surface area contributed by atoms with E-state index in [-0.39, 0.29) is 17.2 Å². The molecule has 4 rings (SSSR count). The van der Waals surface area contributed by atoms with Gasteiger partial charge in [0.1, 0.15) is 0 Å². The van der Waals surface area contributed by atoms with Crippen LogP contribution in [0, 0.1) is 11.3 Å². The summed E-state index contributed by atoms with van der Waals surface area (Å²) in [6.45, 7) is 8.52. The second kappa shape index (κ2) is 7.09. The summed E-state index contributed by atoms with van der Waals surface area (Å²) in [6.07, 6.45) is 8.99. The Hall–Kier alpha value is -2.18. The lowest BCUT2D eigenvalue weighted by molar-refractivity contribution is 0.0773. The van der Waals surface area contributed by atoms with Crippen LogP contribution in [0.1, 0.15) is 74.4 Å². The molecule has 1 spiro atoms. The predicted molar refractivity (Wildman–Crippen MR) is 100 cm³/mol. The molecule has 2 aromatic heterocycles. The summed E-state index contributed by atoms with van der Waals surface area (Å²) in [5.41, 5.74) is 0.759. The highest BCUT2D eigenvalue weighted by Gasteiger charge is 2.51. The van der Waals surface area contributed by atoms with Crippen molar-refractivity contribution in [3.05, 3.63) is 29.7 Å². The van der Waals surface area contributed by atoms with Crippen LogP contribution < -0.4 is 0 Å². The molecule has 1 saturated heterocycles. The average Bonchev–Trinajstić information content (AvgIpc) is 3.41. The second-order valence-corrected chi connectivity index (χ2v) is 8.54. The van der Waals surface area contributed by atoms with Crippen molar-refractivity contribution in [1.29, 1.82) is 0 Å². The van der Waals surface area contributed by atoms with Gasteiger partial charge in [0.25, 0.3) is 5.91 Å². The largest absolute Gasteiger partial charge is 0.339 e. The number of rotatable bonds is 5. The second-order valence-electron chi connectivity index (χ2n) is 8.54. The Morgan fingerprint density at radius 1 is 1.37 bits per heavy atom. The van der Waals surface area contributed by atoms with Crippen LogP contribution >= 0.6 is 0 Å². The van der Waals surface area contributed by atoms with Crippen molar-refractivity contribution in [2.24, 2.45) is 11.3 Å². The molecule has 0 bridgehead atoms. The fraction of sp³-hybridized carbons (Fsp3) is 0.700. The lowest BCUT2D eigenvalue weighted by Gasteiger charge is -2.27. The molecule has 3 heterocycles. The van der Waals surface area contributed by atoms with Crippen molar-refractivity contribution in [2.75, 3.05) is 13.1 Å². The van der Waals surface area contributed by atoms with Gasteiger partial charge in [-0.3, -0.25) is 9.48 Å². The molecular weight excluding hydrogens is 342 g/mol. The third-order valence-corrected chi connectivity index (χ3v) is 6.12. The first-order valence-electron chi connectivity index (χ1n) is 10.1. The summed E-state index contributed by atoms with van der Waals surface area (Å²) in [6, 6.07) is 0. The van der Waals surface area contributed by atoms with E-state index < -0.39 is 0 Å². The number of hydrogen-bond donors (Lipinski definition) is 0. The van der Waals surface area contributed by atoms with Crippen LogP contribution in [0.2, 0.25) is 0 Å². The number of amides is 1. The van der Waals surface area contributed by atoms with Crippen LogP contribution in [0.4, 0.5) is 0 Å². The van der Waals surface area contributed by atoms with Gasteiger partial charge in [0.05, 0.1) is 11.8 Å². The molecular formula is C20H29N5O2. The fourth-order valence-corrected chi connectivity index (χ4v) is 4.74. The Morgan fingerprint density at radius 3 is 2.81 bits per heavy atom. The normalized spacial score (nSPS) is 21.6. The number of hydrogen-bond acceptors (Lipinski definition) is 5. The van der Waals surface area contributed by atoms with Gasteiger partial charge in [-0.05, 0) is 31.1 Å². The van der Waals surface area contributed by atoms with Crippen molar-refractivity contribution in [1.82, 2.24) is 24.8 Å². The summed E-state index contributed by atoms with van der Waals surface area (Å²) in [5.74, 6) is 2.20. The molecule has 2 aromatic rings. The van der Waals surface area contributed by atoms with Crippen LogP contribution in [-0.4, -0.2) is 43.8 Å². The van der Waals surface area contributed by atoms with Gasteiger partial charge in [-0.2, -0.15) is 10.1 Å². The van der Waals surface area contributed by atoms with Crippen LogP contribution in [0.3, 0.4) is 0 Å². The minimum absolute atomic E-state index is 0.0642. The minimum Gasteiger partial charge on any atom is -0.339 e. The van der Waals surface area contributed by atoms with Gasteiger partial charge in [0, 0.05) is 38.2 Å². The zero-order valence-electron chi connectivity index (χ0n) is 16.5. The molecule has 1 atom stereocenters. The maximum atomic E-state index is 13.1. The van der Waals surface area contributed by atoms with Crippen LogP contribution in [0.25, 0.3) is 0 Å². The first-order chi connectivity index (χ1) is 13.0. The number of likely N-dealkylation sites (tertiary alicyclic amines) is 1. The SMILES string of the molecule is CCn1cc(C(=O)N2CC(c3noc(CC(C)C)n3)C3(CCCC3)C2)cn1. The molecule has 1 saturated carbocycles. The van der Waals surface area contributed by atoms with E-state index in [1.807, 2.05) is 18.0 Å². The van der Waals surface area contributed by atoms with Gasteiger partial charge in [-0.15, -0.1) is 0 Å². The van der Waals surface area contributed by atoms with E-state index in [1.54, 1.807) is 10.9 Å². The van der Waals surface area contributed by atoms with Gasteiger partial charge in [-0.25, -0.2) is 0 Å². The number of aromatic nitrogens is 4. The standard InChI is InChI=1S/C20H29N5O2/c1-4-25-11-15(10-21-25)19(26)24-12-16(20(13-24)7-5-6-8-20)18-22-17(27-23-18)9-14(2)3/h10-11,14,16H,4-9,12-13H2,1-3H3. The summed E-state index contributed by atoms with van der Waals surface area (Å²) in [4.78, 5) is 19.7. The number of aryl methyl sites for hydroxylation is 1. The van der Waals surface area contributed by atoms with E-state index in [2.05, 4.69) is 24.1 Å². The number of carbonyl (C=O) groups is 1. The maximum Gasteiger partial charge on any atom is 0.257 e. The highest BCUT2D eigenvalue weighted by atomic mass is 16.5. The molecule has 2 aliphatic rings. The van der Waals surface area contributed by atoms with Crippen LogP contribution in [-0.2, 0) is 13.0 Å². The third-order valence-electron chi connectivity index (χ3n) is 6.12. The first kappa shape index (κ1) is 18.2. The molecule has 0 radical (unpaired) electrons. The molecule has 2 fully saturated rings. The van der Waals surface area contributed by atoms with Crippen molar-refractivity contribution in [3.8, 4) is 0 Å². The Morgan fingerprint density at radius 2 is 2.15 bits per heavy atom. The maximum absolute atomic E-state index is 13.1. The molecule has 1 unspecified atom stereocenters. The Kier molecular flexibility index (Phi) is 4.78. The summed E-state index contributed by atoms with van der Waals surface area (Å²) >= 11 is 0. The molecule has 0 aromatic carbocycles. The van der Waals surface area contributed by atoms with Gasteiger partial charge in [0.2, 0.25) is 5.89 Å². The third kappa shape index (κ3) is 3.39.